The van der Waals surface area contributed by atoms with E-state index in [-0.39, 0.29) is 0 Å². The molecule has 0 atom stereocenters. The van der Waals surface area contributed by atoms with E-state index in [9.17, 15) is 0 Å². The van der Waals surface area contributed by atoms with E-state index in [0.29, 0.717) is 4.99 Å². The molecule has 0 saturated carbocycles. The zero-order valence-electron chi connectivity index (χ0n) is 11.9. The highest BCUT2D eigenvalue weighted by molar-refractivity contribution is 7.80. The first-order chi connectivity index (χ1) is 9.04. The van der Waals surface area contributed by atoms with Crippen LogP contribution in [0.1, 0.15) is 11.1 Å². The molecule has 1 aromatic rings. The zero-order valence-corrected chi connectivity index (χ0v) is 12.7. The van der Waals surface area contributed by atoms with Crippen molar-refractivity contribution in [3.8, 4) is 0 Å². The van der Waals surface area contributed by atoms with Crippen molar-refractivity contribution in [2.45, 2.75) is 6.92 Å². The zero-order chi connectivity index (χ0) is 14.3. The van der Waals surface area contributed by atoms with Crippen molar-refractivity contribution < 1.29 is 4.74 Å². The Kier molecular flexibility index (Phi) is 6.77. The normalized spacial score (nSPS) is 10.7. The lowest BCUT2D eigenvalue weighted by Gasteiger charge is -2.18. The Morgan fingerprint density at radius 3 is 2.79 bits per heavy atom. The predicted octanol–water partition coefficient (Wildman–Crippen LogP) is 1.62. The molecule has 1 rings (SSSR count). The van der Waals surface area contributed by atoms with Crippen molar-refractivity contribution in [1.82, 2.24) is 4.90 Å². The average Bonchev–Trinajstić information content (AvgIpc) is 2.37. The van der Waals surface area contributed by atoms with E-state index in [0.717, 1.165) is 43.1 Å². The number of hydrogen-bond acceptors (Lipinski definition) is 4. The van der Waals surface area contributed by atoms with Crippen LogP contribution in [0.3, 0.4) is 0 Å². The monoisotopic (exact) mass is 281 g/mol. The van der Waals surface area contributed by atoms with Crippen molar-refractivity contribution in [3.63, 3.8) is 0 Å². The molecule has 0 unspecified atom stereocenters. The van der Waals surface area contributed by atoms with E-state index in [2.05, 4.69) is 23.3 Å². The van der Waals surface area contributed by atoms with Gasteiger partial charge in [-0.15, -0.1) is 0 Å². The second-order valence-corrected chi connectivity index (χ2v) is 5.08. The van der Waals surface area contributed by atoms with Crippen LogP contribution < -0.4 is 11.1 Å². The van der Waals surface area contributed by atoms with Crippen LogP contribution in [0.15, 0.2) is 18.2 Å². The maximum absolute atomic E-state index is 5.75. The number of hydrogen-bond donors (Lipinski definition) is 2. The highest BCUT2D eigenvalue weighted by Crippen LogP contribution is 2.17. The Morgan fingerprint density at radius 1 is 1.42 bits per heavy atom. The smallest absolute Gasteiger partial charge is 0.106 e. The summed E-state index contributed by atoms with van der Waals surface area (Å²) < 4.78 is 5.05. The third-order valence-electron chi connectivity index (χ3n) is 2.93. The second kappa shape index (κ2) is 8.09. The number of aryl methyl sites for hydroxylation is 1. The van der Waals surface area contributed by atoms with E-state index in [1.54, 1.807) is 7.11 Å². The lowest BCUT2D eigenvalue weighted by molar-refractivity contribution is 0.163. The summed E-state index contributed by atoms with van der Waals surface area (Å²) in [6.45, 7) is 5.49. The summed E-state index contributed by atoms with van der Waals surface area (Å²) in [7, 11) is 3.79. The molecule has 3 N–H and O–H groups in total. The number of rotatable bonds is 8. The summed E-state index contributed by atoms with van der Waals surface area (Å²) in [5.41, 5.74) is 8.81. The van der Waals surface area contributed by atoms with Gasteiger partial charge in [0.1, 0.15) is 4.99 Å². The number of nitrogens with zero attached hydrogens (tertiary/aromatic N) is 1. The molecule has 0 aliphatic heterocycles. The molecule has 0 spiro atoms. The van der Waals surface area contributed by atoms with E-state index in [4.69, 9.17) is 22.7 Å². The van der Waals surface area contributed by atoms with E-state index >= 15 is 0 Å². The van der Waals surface area contributed by atoms with Crippen LogP contribution in [0.2, 0.25) is 0 Å². The Hall–Kier alpha value is -1.17. The van der Waals surface area contributed by atoms with Crippen LogP contribution in [-0.4, -0.2) is 50.3 Å². The van der Waals surface area contributed by atoms with Gasteiger partial charge in [0.25, 0.3) is 0 Å². The first-order valence-electron chi connectivity index (χ1n) is 6.36. The molecular formula is C14H23N3OS. The van der Waals surface area contributed by atoms with Gasteiger partial charge in [0, 0.05) is 38.0 Å². The fourth-order valence-electron chi connectivity index (χ4n) is 1.76. The van der Waals surface area contributed by atoms with Gasteiger partial charge >= 0.3 is 0 Å². The Bertz CT molecular complexity index is 423. The van der Waals surface area contributed by atoms with Crippen molar-refractivity contribution in [1.29, 1.82) is 0 Å². The molecule has 19 heavy (non-hydrogen) atoms. The highest BCUT2D eigenvalue weighted by atomic mass is 32.1. The van der Waals surface area contributed by atoms with Crippen molar-refractivity contribution in [2.75, 3.05) is 45.7 Å². The molecule has 0 saturated heterocycles. The van der Waals surface area contributed by atoms with Gasteiger partial charge < -0.3 is 20.7 Å². The van der Waals surface area contributed by atoms with Gasteiger partial charge in [0.05, 0.1) is 6.61 Å². The minimum absolute atomic E-state index is 0.430. The number of ether oxygens (including phenoxy) is 1. The largest absolute Gasteiger partial charge is 0.389 e. The number of likely N-dealkylation sites (N-methyl/N-ethyl adjacent to an activating group) is 1. The number of thiocarbonyl (C=S) groups is 1. The SMILES string of the molecule is COCCN(C)CCNc1ccc(C)cc1C(N)=S. The van der Waals surface area contributed by atoms with Gasteiger partial charge in [-0.05, 0) is 26.1 Å². The van der Waals surface area contributed by atoms with Crippen molar-refractivity contribution >= 4 is 22.9 Å². The Morgan fingerprint density at radius 2 is 2.16 bits per heavy atom. The summed E-state index contributed by atoms with van der Waals surface area (Å²) in [6.07, 6.45) is 0. The van der Waals surface area contributed by atoms with E-state index in [1.807, 2.05) is 19.1 Å². The van der Waals surface area contributed by atoms with Gasteiger partial charge in [-0.2, -0.15) is 0 Å². The maximum Gasteiger partial charge on any atom is 0.106 e. The molecule has 0 bridgehead atoms. The molecule has 0 aromatic heterocycles. The first kappa shape index (κ1) is 15.9. The lowest BCUT2D eigenvalue weighted by Crippen LogP contribution is -2.28. The molecule has 0 aliphatic carbocycles. The maximum atomic E-state index is 5.75. The third kappa shape index (κ3) is 5.55. The van der Waals surface area contributed by atoms with Crippen LogP contribution in [0.25, 0.3) is 0 Å². The minimum atomic E-state index is 0.430. The lowest BCUT2D eigenvalue weighted by atomic mass is 10.1. The summed E-state index contributed by atoms with van der Waals surface area (Å²) in [5, 5.41) is 3.38. The van der Waals surface area contributed by atoms with Crippen LogP contribution in [0, 0.1) is 6.92 Å². The summed E-state index contributed by atoms with van der Waals surface area (Å²) >= 11 is 5.08. The van der Waals surface area contributed by atoms with Crippen LogP contribution in [0.5, 0.6) is 0 Å². The van der Waals surface area contributed by atoms with Gasteiger partial charge in [-0.3, -0.25) is 0 Å². The van der Waals surface area contributed by atoms with E-state index in [1.165, 1.54) is 0 Å². The molecule has 4 nitrogen and oxygen atoms in total. The third-order valence-corrected chi connectivity index (χ3v) is 3.15. The van der Waals surface area contributed by atoms with Crippen LogP contribution in [-0.2, 0) is 4.74 Å². The molecule has 1 aromatic carbocycles. The summed E-state index contributed by atoms with van der Waals surface area (Å²) in [6, 6.07) is 6.09. The Labute approximate surface area is 120 Å². The van der Waals surface area contributed by atoms with Gasteiger partial charge in [-0.25, -0.2) is 0 Å². The first-order valence-corrected chi connectivity index (χ1v) is 6.77. The fraction of sp³-hybridized carbons (Fsp3) is 0.500. The molecular weight excluding hydrogens is 258 g/mol. The Balaban J connectivity index is 2.51. The van der Waals surface area contributed by atoms with Crippen molar-refractivity contribution in [3.05, 3.63) is 29.3 Å². The van der Waals surface area contributed by atoms with Gasteiger partial charge in [0.15, 0.2) is 0 Å². The van der Waals surface area contributed by atoms with Crippen molar-refractivity contribution in [2.24, 2.45) is 5.73 Å². The highest BCUT2D eigenvalue weighted by Gasteiger charge is 2.05. The molecule has 106 valence electrons. The molecule has 0 amide bonds. The fourth-order valence-corrected chi connectivity index (χ4v) is 1.93. The van der Waals surface area contributed by atoms with Gasteiger partial charge in [0.2, 0.25) is 0 Å². The number of anilines is 1. The molecule has 0 fully saturated rings. The number of benzene rings is 1. The van der Waals surface area contributed by atoms with E-state index < -0.39 is 0 Å². The molecule has 0 heterocycles. The summed E-state index contributed by atoms with van der Waals surface area (Å²) in [5.74, 6) is 0. The number of nitrogens with one attached hydrogen (secondary N) is 1. The quantitative estimate of drug-likeness (QED) is 0.709. The molecule has 0 aliphatic rings. The predicted molar refractivity (Wildman–Crippen MR) is 84.9 cm³/mol. The number of methoxy groups -OCH3 is 1. The summed E-state index contributed by atoms with van der Waals surface area (Å²) in [4.78, 5) is 2.64. The number of nitrogens with two attached hydrogens (primary N) is 1. The average molecular weight is 281 g/mol. The standard InChI is InChI=1S/C14H23N3OS/c1-11-4-5-13(12(10-11)14(15)19)16-6-7-17(2)8-9-18-3/h4-5,10,16H,6-9H2,1-3H3,(H2,15,19). The van der Waals surface area contributed by atoms with Crippen LogP contribution >= 0.6 is 12.2 Å². The topological polar surface area (TPSA) is 50.5 Å². The van der Waals surface area contributed by atoms with Crippen LogP contribution in [0.4, 0.5) is 5.69 Å². The second-order valence-electron chi connectivity index (χ2n) is 4.64. The molecule has 5 heteroatoms. The minimum Gasteiger partial charge on any atom is -0.389 e. The van der Waals surface area contributed by atoms with Gasteiger partial charge in [-0.1, -0.05) is 23.8 Å². The molecule has 0 radical (unpaired) electrons.